The number of H-pyrrole nitrogens is 1. The Balaban J connectivity index is 2.29. The Bertz CT molecular complexity index is 642. The standard InChI is InChI=1S/C12H9ClN4O/c1-7-3-2-4-9(10(7)13)12(18)16-11-8(5-14)6-15-17-11/h2-4,6H,1H3,(H2,15,16,17,18). The van der Waals surface area contributed by atoms with Gasteiger partial charge in [0.05, 0.1) is 16.8 Å². The van der Waals surface area contributed by atoms with E-state index in [0.29, 0.717) is 10.6 Å². The maximum absolute atomic E-state index is 12.0. The summed E-state index contributed by atoms with van der Waals surface area (Å²) in [5, 5.41) is 18.0. The number of aromatic amines is 1. The van der Waals surface area contributed by atoms with Gasteiger partial charge in [0.15, 0.2) is 0 Å². The van der Waals surface area contributed by atoms with Crippen LogP contribution in [-0.4, -0.2) is 16.1 Å². The van der Waals surface area contributed by atoms with E-state index >= 15 is 0 Å². The lowest BCUT2D eigenvalue weighted by Gasteiger charge is -2.06. The molecular formula is C12H9ClN4O. The van der Waals surface area contributed by atoms with Crippen LogP contribution in [0.15, 0.2) is 24.4 Å². The molecule has 2 N–H and O–H groups in total. The van der Waals surface area contributed by atoms with E-state index in [4.69, 9.17) is 16.9 Å². The molecule has 0 atom stereocenters. The summed E-state index contributed by atoms with van der Waals surface area (Å²) in [5.41, 5.74) is 1.44. The van der Waals surface area contributed by atoms with Crippen LogP contribution in [-0.2, 0) is 0 Å². The van der Waals surface area contributed by atoms with Gasteiger partial charge in [0.25, 0.3) is 5.91 Å². The molecule has 2 aromatic rings. The van der Waals surface area contributed by atoms with Gasteiger partial charge in [0.1, 0.15) is 17.5 Å². The second-order valence-corrected chi connectivity index (χ2v) is 4.04. The molecular weight excluding hydrogens is 252 g/mol. The second-order valence-electron chi connectivity index (χ2n) is 3.66. The third-order valence-corrected chi connectivity index (χ3v) is 2.94. The van der Waals surface area contributed by atoms with E-state index in [1.165, 1.54) is 6.20 Å². The highest BCUT2D eigenvalue weighted by Crippen LogP contribution is 2.21. The number of nitrogens with zero attached hydrogens (tertiary/aromatic N) is 2. The summed E-state index contributed by atoms with van der Waals surface area (Å²) in [7, 11) is 0. The highest BCUT2D eigenvalue weighted by atomic mass is 35.5. The number of nitriles is 1. The van der Waals surface area contributed by atoms with Crippen LogP contribution in [0.25, 0.3) is 0 Å². The molecule has 2 rings (SSSR count). The molecule has 0 unspecified atom stereocenters. The average Bonchev–Trinajstić information content (AvgIpc) is 2.79. The predicted molar refractivity (Wildman–Crippen MR) is 67.4 cm³/mol. The van der Waals surface area contributed by atoms with Crippen molar-refractivity contribution in [1.29, 1.82) is 5.26 Å². The number of amides is 1. The molecule has 0 aliphatic carbocycles. The minimum Gasteiger partial charge on any atom is -0.306 e. The predicted octanol–water partition coefficient (Wildman–Crippen LogP) is 2.50. The number of nitrogens with one attached hydrogen (secondary N) is 2. The van der Waals surface area contributed by atoms with Crippen molar-refractivity contribution in [2.24, 2.45) is 0 Å². The van der Waals surface area contributed by atoms with Crippen molar-refractivity contribution in [2.75, 3.05) is 5.32 Å². The zero-order valence-corrected chi connectivity index (χ0v) is 10.2. The largest absolute Gasteiger partial charge is 0.306 e. The fraction of sp³-hybridized carbons (Fsp3) is 0.0833. The van der Waals surface area contributed by atoms with Crippen molar-refractivity contribution in [2.45, 2.75) is 6.92 Å². The summed E-state index contributed by atoms with van der Waals surface area (Å²) in [6, 6.07) is 7.09. The smallest absolute Gasteiger partial charge is 0.258 e. The van der Waals surface area contributed by atoms with E-state index in [1.807, 2.05) is 19.1 Å². The molecule has 90 valence electrons. The van der Waals surface area contributed by atoms with Gasteiger partial charge in [-0.15, -0.1) is 0 Å². The van der Waals surface area contributed by atoms with Gasteiger partial charge in [-0.05, 0) is 18.6 Å². The minimum atomic E-state index is -0.385. The lowest BCUT2D eigenvalue weighted by Crippen LogP contribution is -2.13. The highest BCUT2D eigenvalue weighted by molar-refractivity contribution is 6.35. The molecule has 0 fully saturated rings. The number of hydrogen-bond acceptors (Lipinski definition) is 3. The lowest BCUT2D eigenvalue weighted by molar-refractivity contribution is 0.102. The molecule has 1 amide bonds. The van der Waals surface area contributed by atoms with Gasteiger partial charge < -0.3 is 5.32 Å². The molecule has 1 aromatic heterocycles. The van der Waals surface area contributed by atoms with Gasteiger partial charge in [-0.3, -0.25) is 9.89 Å². The SMILES string of the molecule is Cc1cccc(C(=O)Nc2[nH]ncc2C#N)c1Cl. The van der Waals surface area contributed by atoms with Gasteiger partial charge in [-0.1, -0.05) is 23.7 Å². The quantitative estimate of drug-likeness (QED) is 0.870. The first-order valence-corrected chi connectivity index (χ1v) is 5.51. The molecule has 0 saturated heterocycles. The van der Waals surface area contributed by atoms with Crippen molar-refractivity contribution >= 4 is 23.3 Å². The summed E-state index contributed by atoms with van der Waals surface area (Å²) in [5.74, 6) is -0.121. The van der Waals surface area contributed by atoms with Gasteiger partial charge >= 0.3 is 0 Å². The van der Waals surface area contributed by atoms with Crippen LogP contribution in [0.1, 0.15) is 21.5 Å². The average molecular weight is 261 g/mol. The van der Waals surface area contributed by atoms with Crippen LogP contribution in [0.3, 0.4) is 0 Å². The number of rotatable bonds is 2. The molecule has 0 spiro atoms. The molecule has 18 heavy (non-hydrogen) atoms. The minimum absolute atomic E-state index is 0.264. The molecule has 0 aliphatic heterocycles. The fourth-order valence-corrected chi connectivity index (χ4v) is 1.68. The van der Waals surface area contributed by atoms with E-state index in [0.717, 1.165) is 5.56 Å². The molecule has 0 aliphatic rings. The van der Waals surface area contributed by atoms with Crippen LogP contribution in [0.2, 0.25) is 5.02 Å². The summed E-state index contributed by atoms with van der Waals surface area (Å²) in [4.78, 5) is 12.0. The zero-order valence-electron chi connectivity index (χ0n) is 9.49. The van der Waals surface area contributed by atoms with E-state index in [1.54, 1.807) is 12.1 Å². The van der Waals surface area contributed by atoms with Crippen molar-refractivity contribution < 1.29 is 4.79 Å². The maximum Gasteiger partial charge on any atom is 0.258 e. The lowest BCUT2D eigenvalue weighted by atomic mass is 10.1. The number of benzene rings is 1. The van der Waals surface area contributed by atoms with Crippen molar-refractivity contribution in [3.63, 3.8) is 0 Å². The topological polar surface area (TPSA) is 81.6 Å². The summed E-state index contributed by atoms with van der Waals surface area (Å²) < 4.78 is 0. The normalized spacial score (nSPS) is 9.83. The molecule has 6 heteroatoms. The van der Waals surface area contributed by atoms with Crippen molar-refractivity contribution in [3.05, 3.63) is 46.1 Å². The Morgan fingerprint density at radius 3 is 3.06 bits per heavy atom. The fourth-order valence-electron chi connectivity index (χ4n) is 1.47. The maximum atomic E-state index is 12.0. The first-order valence-electron chi connectivity index (χ1n) is 5.13. The number of carbonyl (C=O) groups is 1. The second kappa shape index (κ2) is 4.90. The Morgan fingerprint density at radius 2 is 2.33 bits per heavy atom. The van der Waals surface area contributed by atoms with E-state index in [-0.39, 0.29) is 17.3 Å². The van der Waals surface area contributed by atoms with Gasteiger partial charge in [0, 0.05) is 0 Å². The van der Waals surface area contributed by atoms with Crippen LogP contribution in [0.4, 0.5) is 5.82 Å². The van der Waals surface area contributed by atoms with Gasteiger partial charge in [-0.25, -0.2) is 0 Å². The molecule has 0 saturated carbocycles. The highest BCUT2D eigenvalue weighted by Gasteiger charge is 2.14. The third kappa shape index (κ3) is 2.19. The molecule has 1 heterocycles. The number of anilines is 1. The number of halogens is 1. The van der Waals surface area contributed by atoms with Gasteiger partial charge in [-0.2, -0.15) is 10.4 Å². The number of carbonyl (C=O) groups excluding carboxylic acids is 1. The van der Waals surface area contributed by atoms with E-state index in [9.17, 15) is 4.79 Å². The Kier molecular flexibility index (Phi) is 3.31. The molecule has 5 nitrogen and oxygen atoms in total. The van der Waals surface area contributed by atoms with Crippen LogP contribution in [0.5, 0.6) is 0 Å². The number of hydrogen-bond donors (Lipinski definition) is 2. The summed E-state index contributed by atoms with van der Waals surface area (Å²) >= 11 is 6.05. The van der Waals surface area contributed by atoms with E-state index in [2.05, 4.69) is 15.5 Å². The zero-order chi connectivity index (χ0) is 13.1. The number of aryl methyl sites for hydroxylation is 1. The van der Waals surface area contributed by atoms with Crippen molar-refractivity contribution in [1.82, 2.24) is 10.2 Å². The summed E-state index contributed by atoms with van der Waals surface area (Å²) in [6.07, 6.45) is 1.34. The van der Waals surface area contributed by atoms with Crippen LogP contribution in [0, 0.1) is 18.3 Å². The first kappa shape index (κ1) is 12.1. The monoisotopic (exact) mass is 260 g/mol. The first-order chi connectivity index (χ1) is 8.63. The van der Waals surface area contributed by atoms with Crippen molar-refractivity contribution in [3.8, 4) is 6.07 Å². The molecule has 0 radical (unpaired) electrons. The Morgan fingerprint density at radius 1 is 1.56 bits per heavy atom. The Labute approximate surface area is 108 Å². The Hall–Kier alpha value is -2.32. The molecule has 0 bridgehead atoms. The van der Waals surface area contributed by atoms with E-state index < -0.39 is 0 Å². The van der Waals surface area contributed by atoms with Crippen LogP contribution < -0.4 is 5.32 Å². The third-order valence-electron chi connectivity index (χ3n) is 2.43. The summed E-state index contributed by atoms with van der Waals surface area (Å²) in [6.45, 7) is 1.82. The molecule has 1 aromatic carbocycles. The van der Waals surface area contributed by atoms with Crippen LogP contribution >= 0.6 is 11.6 Å². The number of aromatic nitrogens is 2. The van der Waals surface area contributed by atoms with Gasteiger partial charge in [0.2, 0.25) is 0 Å².